The van der Waals surface area contributed by atoms with E-state index >= 15 is 0 Å². The summed E-state index contributed by atoms with van der Waals surface area (Å²) in [4.78, 5) is 4.01. The van der Waals surface area contributed by atoms with Crippen molar-refractivity contribution in [2.75, 3.05) is 10.5 Å². The van der Waals surface area contributed by atoms with Crippen LogP contribution >= 0.6 is 43.5 Å². The Morgan fingerprint density at radius 3 is 2.57 bits per heavy atom. The van der Waals surface area contributed by atoms with Crippen LogP contribution in [-0.4, -0.2) is 13.4 Å². The van der Waals surface area contributed by atoms with Crippen LogP contribution in [0.4, 0.5) is 11.4 Å². The first-order valence-corrected chi connectivity index (χ1v) is 9.05. The lowest BCUT2D eigenvalue weighted by Crippen LogP contribution is -2.14. The van der Waals surface area contributed by atoms with Crippen molar-refractivity contribution in [1.82, 2.24) is 4.98 Å². The highest BCUT2D eigenvalue weighted by Gasteiger charge is 2.20. The van der Waals surface area contributed by atoms with Crippen LogP contribution in [0, 0.1) is 6.92 Å². The molecule has 0 aliphatic carbocycles. The van der Waals surface area contributed by atoms with E-state index in [0.29, 0.717) is 10.3 Å². The summed E-state index contributed by atoms with van der Waals surface area (Å²) in [6, 6.07) is 4.45. The first kappa shape index (κ1) is 16.5. The Bertz CT molecular complexity index is 812. The van der Waals surface area contributed by atoms with Gasteiger partial charge in [-0.1, -0.05) is 11.6 Å². The fourth-order valence-electron chi connectivity index (χ4n) is 1.60. The number of benzene rings is 1. The van der Waals surface area contributed by atoms with E-state index in [0.717, 1.165) is 5.56 Å². The minimum Gasteiger partial charge on any atom is -0.398 e. The molecule has 0 saturated carbocycles. The monoisotopic (exact) mass is 453 g/mol. The molecule has 3 N–H and O–H groups in total. The van der Waals surface area contributed by atoms with E-state index in [1.54, 1.807) is 6.07 Å². The highest BCUT2D eigenvalue weighted by Crippen LogP contribution is 2.32. The molecule has 2 rings (SSSR count). The van der Waals surface area contributed by atoms with Crippen LogP contribution < -0.4 is 10.5 Å². The Hall–Kier alpha value is -0.830. The molecule has 9 heteroatoms. The SMILES string of the molecule is Cc1cc(NS(=O)(=O)c2cc(Cl)cc(N)c2Br)cnc1Br. The van der Waals surface area contributed by atoms with Gasteiger partial charge in [-0.15, -0.1) is 0 Å². The predicted octanol–water partition coefficient (Wildman–Crippen LogP) is 3.95. The molecule has 1 aromatic heterocycles. The summed E-state index contributed by atoms with van der Waals surface area (Å²) in [5.74, 6) is 0. The molecule has 1 heterocycles. The Balaban J connectivity index is 2.45. The fourth-order valence-corrected chi connectivity index (χ4v) is 4.15. The third-order valence-electron chi connectivity index (χ3n) is 2.59. The zero-order valence-corrected chi connectivity index (χ0v) is 15.4. The quantitative estimate of drug-likeness (QED) is 0.542. The number of pyridine rings is 1. The Kier molecular flexibility index (Phi) is 4.82. The van der Waals surface area contributed by atoms with Crippen molar-refractivity contribution in [1.29, 1.82) is 0 Å². The molecule has 0 spiro atoms. The number of aryl methyl sites for hydroxylation is 1. The highest BCUT2D eigenvalue weighted by atomic mass is 79.9. The molecule has 2 aromatic rings. The van der Waals surface area contributed by atoms with Gasteiger partial charge in [-0.3, -0.25) is 4.72 Å². The molecule has 0 unspecified atom stereocenters. The van der Waals surface area contributed by atoms with E-state index in [1.807, 2.05) is 6.92 Å². The summed E-state index contributed by atoms with van der Waals surface area (Å²) >= 11 is 12.3. The molecule has 0 atom stereocenters. The maximum absolute atomic E-state index is 12.4. The van der Waals surface area contributed by atoms with Crippen molar-refractivity contribution in [2.45, 2.75) is 11.8 Å². The zero-order chi connectivity index (χ0) is 15.8. The Morgan fingerprint density at radius 1 is 1.29 bits per heavy atom. The number of nitrogens with one attached hydrogen (secondary N) is 1. The van der Waals surface area contributed by atoms with Crippen LogP contribution in [0.5, 0.6) is 0 Å². The number of aromatic nitrogens is 1. The van der Waals surface area contributed by atoms with Gasteiger partial charge in [0.2, 0.25) is 0 Å². The number of nitrogens with two attached hydrogens (primary N) is 1. The first-order chi connectivity index (χ1) is 9.70. The summed E-state index contributed by atoms with van der Waals surface area (Å²) < 4.78 is 28.2. The van der Waals surface area contributed by atoms with Crippen LogP contribution in [-0.2, 0) is 10.0 Å². The molecule has 0 fully saturated rings. The van der Waals surface area contributed by atoms with Gasteiger partial charge in [0.15, 0.2) is 0 Å². The van der Waals surface area contributed by atoms with E-state index in [9.17, 15) is 8.42 Å². The Morgan fingerprint density at radius 2 is 1.95 bits per heavy atom. The smallest absolute Gasteiger partial charge is 0.263 e. The number of hydrogen-bond donors (Lipinski definition) is 2. The van der Waals surface area contributed by atoms with Crippen molar-refractivity contribution < 1.29 is 8.42 Å². The molecular weight excluding hydrogens is 445 g/mol. The molecule has 0 saturated heterocycles. The van der Waals surface area contributed by atoms with Gasteiger partial charge in [0, 0.05) is 10.7 Å². The molecule has 0 bridgehead atoms. The number of nitrogen functional groups attached to an aromatic ring is 1. The summed E-state index contributed by atoms with van der Waals surface area (Å²) in [7, 11) is -3.84. The first-order valence-electron chi connectivity index (χ1n) is 5.60. The van der Waals surface area contributed by atoms with Crippen LogP contribution in [0.2, 0.25) is 5.02 Å². The van der Waals surface area contributed by atoms with Crippen LogP contribution in [0.1, 0.15) is 5.56 Å². The van der Waals surface area contributed by atoms with Gasteiger partial charge in [-0.05, 0) is 62.5 Å². The van der Waals surface area contributed by atoms with E-state index in [1.165, 1.54) is 18.3 Å². The number of anilines is 2. The van der Waals surface area contributed by atoms with Crippen LogP contribution in [0.15, 0.2) is 38.4 Å². The van der Waals surface area contributed by atoms with Gasteiger partial charge in [-0.25, -0.2) is 13.4 Å². The molecular formula is C12H10Br2ClN3O2S. The maximum Gasteiger partial charge on any atom is 0.263 e. The van der Waals surface area contributed by atoms with Crippen LogP contribution in [0.25, 0.3) is 0 Å². The lowest BCUT2D eigenvalue weighted by molar-refractivity contribution is 0.601. The number of rotatable bonds is 3. The topological polar surface area (TPSA) is 85.1 Å². The average Bonchev–Trinajstić information content (AvgIpc) is 2.37. The lowest BCUT2D eigenvalue weighted by Gasteiger charge is -2.12. The second kappa shape index (κ2) is 6.12. The third kappa shape index (κ3) is 3.68. The highest BCUT2D eigenvalue weighted by molar-refractivity contribution is 9.10. The number of halogens is 3. The van der Waals surface area contributed by atoms with Gasteiger partial charge in [0.05, 0.1) is 16.4 Å². The minimum absolute atomic E-state index is 0.0342. The molecule has 1 aromatic carbocycles. The minimum atomic E-state index is -3.84. The maximum atomic E-state index is 12.4. The van der Waals surface area contributed by atoms with Crippen molar-refractivity contribution in [3.8, 4) is 0 Å². The van der Waals surface area contributed by atoms with Crippen molar-refractivity contribution >= 4 is 64.9 Å². The van der Waals surface area contributed by atoms with Gasteiger partial charge < -0.3 is 5.73 Å². The van der Waals surface area contributed by atoms with E-state index in [2.05, 4.69) is 41.6 Å². The van der Waals surface area contributed by atoms with Crippen LogP contribution in [0.3, 0.4) is 0 Å². The molecule has 5 nitrogen and oxygen atoms in total. The Labute approximate surface area is 144 Å². The number of nitrogens with zero attached hydrogens (tertiary/aromatic N) is 1. The lowest BCUT2D eigenvalue weighted by atomic mass is 10.3. The molecule has 0 aliphatic heterocycles. The van der Waals surface area contributed by atoms with Gasteiger partial charge in [0.25, 0.3) is 10.0 Å². The molecule has 0 radical (unpaired) electrons. The zero-order valence-electron chi connectivity index (χ0n) is 10.7. The predicted molar refractivity (Wildman–Crippen MR) is 91.0 cm³/mol. The van der Waals surface area contributed by atoms with Crippen molar-refractivity contribution in [2.24, 2.45) is 0 Å². The largest absolute Gasteiger partial charge is 0.398 e. The number of hydrogen-bond acceptors (Lipinski definition) is 4. The standard InChI is InChI=1S/C12H10Br2ClN3O2S/c1-6-2-8(5-17-12(6)14)18-21(19,20)10-4-7(15)3-9(16)11(10)13/h2-5,18H,16H2,1H3. The average molecular weight is 456 g/mol. The summed E-state index contributed by atoms with van der Waals surface area (Å²) in [6.45, 7) is 1.81. The fraction of sp³-hybridized carbons (Fsp3) is 0.0833. The van der Waals surface area contributed by atoms with Gasteiger partial charge in [0.1, 0.15) is 9.50 Å². The third-order valence-corrected chi connectivity index (χ3v) is 6.19. The van der Waals surface area contributed by atoms with E-state index < -0.39 is 10.0 Å². The second-order valence-electron chi connectivity index (χ2n) is 4.24. The van der Waals surface area contributed by atoms with E-state index in [-0.39, 0.29) is 20.1 Å². The van der Waals surface area contributed by atoms with E-state index in [4.69, 9.17) is 17.3 Å². The summed E-state index contributed by atoms with van der Waals surface area (Å²) in [6.07, 6.45) is 1.41. The number of sulfonamides is 1. The summed E-state index contributed by atoms with van der Waals surface area (Å²) in [5, 5.41) is 0.237. The van der Waals surface area contributed by atoms with Gasteiger partial charge in [-0.2, -0.15) is 0 Å². The molecule has 0 amide bonds. The molecule has 112 valence electrons. The summed E-state index contributed by atoms with van der Waals surface area (Å²) in [5.41, 5.74) is 7.11. The van der Waals surface area contributed by atoms with Gasteiger partial charge >= 0.3 is 0 Å². The molecule has 21 heavy (non-hydrogen) atoms. The second-order valence-corrected chi connectivity index (χ2v) is 7.88. The van der Waals surface area contributed by atoms with Crippen molar-refractivity contribution in [3.63, 3.8) is 0 Å². The normalized spacial score (nSPS) is 11.4. The molecule has 0 aliphatic rings. The van der Waals surface area contributed by atoms with Crippen molar-refractivity contribution in [3.05, 3.63) is 44.1 Å².